The van der Waals surface area contributed by atoms with Crippen molar-refractivity contribution in [1.29, 1.82) is 0 Å². The number of ether oxygens (including phenoxy) is 2. The number of fused-ring (bicyclic) bond motifs is 5. The monoisotopic (exact) mass is 555 g/mol. The number of aryl methyl sites for hydroxylation is 1. The molecule has 6 N–H and O–H groups in total. The standard InChI is InChI=1S/C21H30N7O9P/c1-10-5-27(20(32)23-18(10)30)17-4-13(14(8-29)36-17)25-38(34)26(2)6-11-7-28(21(33)24-19(11)31)16-3-12(22)15(37-16)9-35-38/h5,7,12-17,29H,3-4,6,8-9,22H2,1-2H3,(H,25,34)(H,23,30,32)(H,24,31,33). The zero-order valence-corrected chi connectivity index (χ0v) is 21.6. The number of H-pyrrole nitrogens is 2. The molecule has 0 aliphatic carbocycles. The summed E-state index contributed by atoms with van der Waals surface area (Å²) < 4.78 is 35.7. The van der Waals surface area contributed by atoms with Gasteiger partial charge in [0.25, 0.3) is 11.1 Å². The van der Waals surface area contributed by atoms with Crippen LogP contribution < -0.4 is 33.3 Å². The number of aromatic nitrogens is 4. The molecule has 2 aromatic heterocycles. The Balaban J connectivity index is 1.45. The molecule has 3 aliphatic rings. The van der Waals surface area contributed by atoms with E-state index in [0.717, 1.165) is 0 Å². The topological polar surface area (TPSA) is 216 Å². The highest BCUT2D eigenvalue weighted by Gasteiger charge is 2.44. The van der Waals surface area contributed by atoms with Crippen LogP contribution in [0.2, 0.25) is 0 Å². The van der Waals surface area contributed by atoms with Crippen LogP contribution in [-0.2, 0) is 25.1 Å². The maximum atomic E-state index is 14.3. The molecule has 7 unspecified atom stereocenters. The Kier molecular flexibility index (Phi) is 7.17. The Morgan fingerprint density at radius 3 is 2.45 bits per heavy atom. The number of nitrogens with one attached hydrogen (secondary N) is 3. The van der Waals surface area contributed by atoms with Gasteiger partial charge in [-0.25, -0.2) is 19.3 Å². The average Bonchev–Trinajstić information content (AvgIpc) is 3.43. The third-order valence-electron chi connectivity index (χ3n) is 7.10. The fourth-order valence-electron chi connectivity index (χ4n) is 4.90. The Bertz CT molecular complexity index is 1500. The summed E-state index contributed by atoms with van der Waals surface area (Å²) in [6.07, 6.45) is -0.0465. The van der Waals surface area contributed by atoms with Gasteiger partial charge in [0.15, 0.2) is 0 Å². The lowest BCUT2D eigenvalue weighted by Crippen LogP contribution is -2.42. The lowest BCUT2D eigenvalue weighted by molar-refractivity contribution is -0.0294. The average molecular weight is 555 g/mol. The molecule has 3 aliphatic heterocycles. The number of aliphatic hydroxyl groups excluding tert-OH is 1. The predicted octanol–water partition coefficient (Wildman–Crippen LogP) is -2.18. The molecule has 208 valence electrons. The van der Waals surface area contributed by atoms with Gasteiger partial charge in [-0.1, -0.05) is 0 Å². The summed E-state index contributed by atoms with van der Waals surface area (Å²) in [7, 11) is -2.47. The molecular formula is C21H30N7O9P. The first-order chi connectivity index (χ1) is 18.0. The van der Waals surface area contributed by atoms with Crippen molar-refractivity contribution in [3.63, 3.8) is 0 Å². The van der Waals surface area contributed by atoms with Crippen LogP contribution in [0.1, 0.15) is 36.4 Å². The SMILES string of the molecule is Cc1cn(C2CC(NP3(=O)OCC4OC(CC4N)n4cc(c(=O)[nH]c4=O)CN3C)C(CO)O2)c(=O)[nH]c1=O. The molecule has 7 atom stereocenters. The molecule has 4 bridgehead atoms. The first kappa shape index (κ1) is 26.9. The number of hydrogen-bond donors (Lipinski definition) is 5. The fraction of sp³-hybridized carbons (Fsp3) is 0.619. The van der Waals surface area contributed by atoms with Gasteiger partial charge in [0.1, 0.15) is 12.5 Å². The zero-order chi connectivity index (χ0) is 27.4. The van der Waals surface area contributed by atoms with Crippen LogP contribution in [0, 0.1) is 6.92 Å². The summed E-state index contributed by atoms with van der Waals surface area (Å²) in [6, 6.07) is -1.28. The van der Waals surface area contributed by atoms with Crippen LogP contribution in [0.4, 0.5) is 0 Å². The Hall–Kier alpha value is -2.69. The third-order valence-corrected chi connectivity index (χ3v) is 9.30. The van der Waals surface area contributed by atoms with Crippen LogP contribution in [0.25, 0.3) is 0 Å². The lowest BCUT2D eigenvalue weighted by Gasteiger charge is -2.32. The van der Waals surface area contributed by atoms with Crippen LogP contribution in [0.15, 0.2) is 31.6 Å². The van der Waals surface area contributed by atoms with E-state index in [-0.39, 0.29) is 31.6 Å². The van der Waals surface area contributed by atoms with Gasteiger partial charge < -0.3 is 24.8 Å². The second kappa shape index (κ2) is 10.1. The van der Waals surface area contributed by atoms with Gasteiger partial charge in [-0.15, -0.1) is 0 Å². The number of nitrogens with zero attached hydrogens (tertiary/aromatic N) is 3. The largest absolute Gasteiger partial charge is 0.394 e. The van der Waals surface area contributed by atoms with E-state index in [0.29, 0.717) is 5.56 Å². The molecular weight excluding hydrogens is 525 g/mol. The number of rotatable bonds is 4. The van der Waals surface area contributed by atoms with Crippen molar-refractivity contribution < 1.29 is 23.7 Å². The molecule has 0 aromatic carbocycles. The second-order valence-electron chi connectivity index (χ2n) is 9.74. The normalized spacial score (nSPS) is 33.8. The lowest BCUT2D eigenvalue weighted by atomic mass is 10.1. The molecule has 0 radical (unpaired) electrons. The van der Waals surface area contributed by atoms with Crippen LogP contribution in [0.5, 0.6) is 0 Å². The van der Waals surface area contributed by atoms with Crippen molar-refractivity contribution in [2.75, 3.05) is 20.3 Å². The summed E-state index contributed by atoms with van der Waals surface area (Å²) in [5.74, 6) is 0. The number of nitrogens with two attached hydrogens (primary N) is 1. The van der Waals surface area contributed by atoms with Crippen LogP contribution >= 0.6 is 7.67 Å². The number of aliphatic hydroxyl groups is 1. The van der Waals surface area contributed by atoms with E-state index in [1.807, 2.05) is 0 Å². The van der Waals surface area contributed by atoms with Gasteiger partial charge in [-0.05, 0) is 14.0 Å². The van der Waals surface area contributed by atoms with Gasteiger partial charge in [0.05, 0.1) is 25.4 Å². The smallest absolute Gasteiger partial charge is 0.343 e. The fourth-order valence-corrected chi connectivity index (χ4v) is 6.75. The Labute approximate surface area is 214 Å². The van der Waals surface area contributed by atoms with Crippen LogP contribution in [0.3, 0.4) is 0 Å². The molecule has 2 saturated heterocycles. The van der Waals surface area contributed by atoms with Crippen molar-refractivity contribution in [2.24, 2.45) is 5.73 Å². The van der Waals surface area contributed by atoms with Gasteiger partial charge in [-0.2, -0.15) is 0 Å². The summed E-state index contributed by atoms with van der Waals surface area (Å²) in [5.41, 5.74) is 4.15. The predicted molar refractivity (Wildman–Crippen MR) is 131 cm³/mol. The quantitative estimate of drug-likeness (QED) is 0.255. The van der Waals surface area contributed by atoms with Gasteiger partial charge in [-0.3, -0.25) is 33.3 Å². The summed E-state index contributed by atoms with van der Waals surface area (Å²) in [4.78, 5) is 53.6. The van der Waals surface area contributed by atoms with Crippen molar-refractivity contribution in [3.8, 4) is 0 Å². The van der Waals surface area contributed by atoms with Gasteiger partial charge in [0.2, 0.25) is 0 Å². The highest BCUT2D eigenvalue weighted by atomic mass is 31.2. The second-order valence-corrected chi connectivity index (χ2v) is 12.0. The minimum Gasteiger partial charge on any atom is -0.394 e. The molecule has 0 spiro atoms. The van der Waals surface area contributed by atoms with E-state index in [1.165, 1.54) is 40.2 Å². The third kappa shape index (κ3) is 4.89. The molecule has 0 amide bonds. The summed E-state index contributed by atoms with van der Waals surface area (Å²) in [5, 5.41) is 12.9. The van der Waals surface area contributed by atoms with Gasteiger partial charge >= 0.3 is 19.0 Å². The van der Waals surface area contributed by atoms with E-state index in [1.54, 1.807) is 0 Å². The molecule has 2 fully saturated rings. The van der Waals surface area contributed by atoms with E-state index >= 15 is 0 Å². The molecule has 2 aromatic rings. The summed E-state index contributed by atoms with van der Waals surface area (Å²) >= 11 is 0. The number of hydrogen-bond acceptors (Lipinski definition) is 10. The highest BCUT2D eigenvalue weighted by Crippen LogP contribution is 2.49. The van der Waals surface area contributed by atoms with E-state index < -0.39 is 73.5 Å². The Morgan fingerprint density at radius 1 is 1.08 bits per heavy atom. The Morgan fingerprint density at radius 2 is 1.74 bits per heavy atom. The first-order valence-corrected chi connectivity index (χ1v) is 13.6. The molecule has 5 heterocycles. The highest BCUT2D eigenvalue weighted by molar-refractivity contribution is 7.54. The minimum absolute atomic E-state index is 0.102. The van der Waals surface area contributed by atoms with E-state index in [2.05, 4.69) is 15.1 Å². The first-order valence-electron chi connectivity index (χ1n) is 12.1. The number of aromatic amines is 2. The van der Waals surface area contributed by atoms with Crippen molar-refractivity contribution >= 4 is 7.67 Å². The maximum absolute atomic E-state index is 14.3. The molecule has 17 heteroatoms. The van der Waals surface area contributed by atoms with Gasteiger partial charge in [0, 0.05) is 55.0 Å². The maximum Gasteiger partial charge on any atom is 0.343 e. The molecule has 38 heavy (non-hydrogen) atoms. The van der Waals surface area contributed by atoms with E-state index in [9.17, 15) is 28.8 Å². The molecule has 0 saturated carbocycles. The molecule has 16 nitrogen and oxygen atoms in total. The van der Waals surface area contributed by atoms with E-state index in [4.69, 9.17) is 19.7 Å². The minimum atomic E-state index is -3.95. The summed E-state index contributed by atoms with van der Waals surface area (Å²) in [6.45, 7) is 0.753. The molecule has 5 rings (SSSR count). The van der Waals surface area contributed by atoms with Crippen molar-refractivity contribution in [1.82, 2.24) is 28.9 Å². The van der Waals surface area contributed by atoms with Crippen molar-refractivity contribution in [3.05, 3.63) is 65.2 Å². The van der Waals surface area contributed by atoms with Crippen LogP contribution in [-0.4, -0.2) is 73.4 Å². The zero-order valence-electron chi connectivity index (χ0n) is 20.7. The van der Waals surface area contributed by atoms with Crippen molar-refractivity contribution in [2.45, 2.75) is 63.1 Å².